The van der Waals surface area contributed by atoms with Crippen LogP contribution in [0, 0.1) is 11.3 Å². The van der Waals surface area contributed by atoms with Gasteiger partial charge in [-0.15, -0.1) is 6.58 Å². The van der Waals surface area contributed by atoms with Crippen LogP contribution in [-0.4, -0.2) is 32.6 Å². The maximum absolute atomic E-state index is 10.5. The Hall–Kier alpha value is -0.380. The summed E-state index contributed by atoms with van der Waals surface area (Å²) in [5, 5.41) is 30.7. The second-order valence-electron chi connectivity index (χ2n) is 6.89. The van der Waals surface area contributed by atoms with E-state index in [2.05, 4.69) is 6.58 Å². The molecule has 0 aromatic rings. The average molecular weight is 256 g/mol. The van der Waals surface area contributed by atoms with E-state index in [0.29, 0.717) is 25.7 Å². The minimum Gasteiger partial charge on any atom is -0.393 e. The summed E-state index contributed by atoms with van der Waals surface area (Å²) in [5.74, 6) is -0.0276. The molecule has 18 heavy (non-hydrogen) atoms. The third-order valence-electron chi connectivity index (χ3n) is 4.81. The third kappa shape index (κ3) is 3.14. The monoisotopic (exact) mass is 256 g/mol. The molecular formula is C15H28O3. The molecule has 106 valence electrons. The molecule has 1 rings (SSSR count). The van der Waals surface area contributed by atoms with Gasteiger partial charge in [-0.25, -0.2) is 0 Å². The Morgan fingerprint density at radius 3 is 2.44 bits per heavy atom. The van der Waals surface area contributed by atoms with Crippen LogP contribution >= 0.6 is 0 Å². The summed E-state index contributed by atoms with van der Waals surface area (Å²) in [5.41, 5.74) is -2.02. The van der Waals surface area contributed by atoms with E-state index >= 15 is 0 Å². The van der Waals surface area contributed by atoms with Crippen molar-refractivity contribution in [3.63, 3.8) is 0 Å². The lowest BCUT2D eigenvalue weighted by Gasteiger charge is -2.51. The predicted molar refractivity (Wildman–Crippen MR) is 73.2 cm³/mol. The van der Waals surface area contributed by atoms with Gasteiger partial charge in [-0.1, -0.05) is 19.9 Å². The van der Waals surface area contributed by atoms with Gasteiger partial charge in [-0.05, 0) is 50.9 Å². The highest BCUT2D eigenvalue weighted by Crippen LogP contribution is 2.48. The summed E-state index contributed by atoms with van der Waals surface area (Å²) in [7, 11) is 0. The normalized spacial score (nSPS) is 39.1. The minimum atomic E-state index is -0.908. The van der Waals surface area contributed by atoms with Crippen molar-refractivity contribution in [1.82, 2.24) is 0 Å². The number of hydrogen-bond acceptors (Lipinski definition) is 3. The molecule has 0 spiro atoms. The summed E-state index contributed by atoms with van der Waals surface area (Å²) in [6, 6.07) is 0. The fraction of sp³-hybridized carbons (Fsp3) is 0.867. The summed E-state index contributed by atoms with van der Waals surface area (Å²) < 4.78 is 0. The van der Waals surface area contributed by atoms with E-state index < -0.39 is 17.3 Å². The van der Waals surface area contributed by atoms with Gasteiger partial charge in [0.1, 0.15) is 0 Å². The standard InChI is InChI=1S/C15H28O3/c1-6-14(4,17)9-7-11-13(2,3)12(16)8-10-15(11,5)18/h6,11-12,16-18H,1,7-10H2,2-5H3/t11-,12+,14?,15+/m1/s1. The second kappa shape index (κ2) is 4.95. The van der Waals surface area contributed by atoms with E-state index in [1.807, 2.05) is 20.8 Å². The lowest BCUT2D eigenvalue weighted by atomic mass is 9.58. The maximum Gasteiger partial charge on any atom is 0.0797 e. The molecule has 1 saturated carbocycles. The van der Waals surface area contributed by atoms with Gasteiger partial charge in [-0.3, -0.25) is 0 Å². The molecule has 0 bridgehead atoms. The van der Waals surface area contributed by atoms with Crippen LogP contribution in [-0.2, 0) is 0 Å². The van der Waals surface area contributed by atoms with Crippen molar-refractivity contribution < 1.29 is 15.3 Å². The number of hydrogen-bond donors (Lipinski definition) is 3. The van der Waals surface area contributed by atoms with Crippen molar-refractivity contribution in [2.24, 2.45) is 11.3 Å². The van der Waals surface area contributed by atoms with Crippen molar-refractivity contribution in [3.8, 4) is 0 Å². The first-order valence-electron chi connectivity index (χ1n) is 6.79. The van der Waals surface area contributed by atoms with Crippen molar-refractivity contribution in [2.75, 3.05) is 0 Å². The molecule has 1 aliphatic carbocycles. The molecule has 1 aliphatic rings. The van der Waals surface area contributed by atoms with Crippen LogP contribution in [0.25, 0.3) is 0 Å². The number of aliphatic hydroxyl groups excluding tert-OH is 1. The van der Waals surface area contributed by atoms with Gasteiger partial charge >= 0.3 is 0 Å². The first kappa shape index (κ1) is 15.7. The summed E-state index contributed by atoms with van der Waals surface area (Å²) in [6.45, 7) is 11.2. The van der Waals surface area contributed by atoms with Crippen molar-refractivity contribution in [1.29, 1.82) is 0 Å². The Labute approximate surface area is 111 Å². The predicted octanol–water partition coefficient (Wildman–Crippen LogP) is 2.25. The van der Waals surface area contributed by atoms with Gasteiger partial charge in [-0.2, -0.15) is 0 Å². The topological polar surface area (TPSA) is 60.7 Å². The smallest absolute Gasteiger partial charge is 0.0797 e. The molecule has 4 atom stereocenters. The zero-order valence-corrected chi connectivity index (χ0v) is 12.1. The van der Waals surface area contributed by atoms with Gasteiger partial charge in [0.25, 0.3) is 0 Å². The van der Waals surface area contributed by atoms with Crippen LogP contribution in [0.3, 0.4) is 0 Å². The molecule has 3 nitrogen and oxygen atoms in total. The van der Waals surface area contributed by atoms with Gasteiger partial charge in [0.15, 0.2) is 0 Å². The first-order chi connectivity index (χ1) is 8.03. The Kier molecular flexibility index (Phi) is 4.31. The second-order valence-corrected chi connectivity index (χ2v) is 6.89. The highest BCUT2D eigenvalue weighted by molar-refractivity contribution is 5.02. The Balaban J connectivity index is 2.84. The molecule has 1 unspecified atom stereocenters. The van der Waals surface area contributed by atoms with Crippen LogP contribution in [0.2, 0.25) is 0 Å². The molecule has 0 amide bonds. The maximum atomic E-state index is 10.5. The third-order valence-corrected chi connectivity index (χ3v) is 4.81. The quantitative estimate of drug-likeness (QED) is 0.676. The van der Waals surface area contributed by atoms with E-state index in [9.17, 15) is 15.3 Å². The van der Waals surface area contributed by atoms with Gasteiger partial charge in [0.2, 0.25) is 0 Å². The SMILES string of the molecule is C=CC(C)(O)CC[C@@H]1C(C)(C)[C@@H](O)CC[C@]1(C)O. The van der Waals surface area contributed by atoms with Crippen LogP contribution in [0.1, 0.15) is 53.4 Å². The van der Waals surface area contributed by atoms with Crippen LogP contribution in [0.5, 0.6) is 0 Å². The Morgan fingerprint density at radius 1 is 1.39 bits per heavy atom. The fourth-order valence-electron chi connectivity index (χ4n) is 3.23. The molecule has 3 N–H and O–H groups in total. The van der Waals surface area contributed by atoms with Crippen LogP contribution in [0.15, 0.2) is 12.7 Å². The fourth-order valence-corrected chi connectivity index (χ4v) is 3.23. The molecule has 0 saturated heterocycles. The van der Waals surface area contributed by atoms with Crippen molar-refractivity contribution in [2.45, 2.75) is 70.7 Å². The number of rotatable bonds is 4. The average Bonchev–Trinajstić information content (AvgIpc) is 2.23. The summed E-state index contributed by atoms with van der Waals surface area (Å²) in [6.07, 6.45) is 3.61. The molecule has 3 heteroatoms. The molecule has 0 radical (unpaired) electrons. The van der Waals surface area contributed by atoms with Gasteiger partial charge in [0, 0.05) is 0 Å². The number of aliphatic hydroxyl groups is 3. The van der Waals surface area contributed by atoms with Gasteiger partial charge < -0.3 is 15.3 Å². The largest absolute Gasteiger partial charge is 0.393 e. The lowest BCUT2D eigenvalue weighted by Crippen LogP contribution is -2.53. The van der Waals surface area contributed by atoms with E-state index in [4.69, 9.17) is 0 Å². The first-order valence-corrected chi connectivity index (χ1v) is 6.79. The molecule has 0 heterocycles. The van der Waals surface area contributed by atoms with E-state index in [-0.39, 0.29) is 11.3 Å². The van der Waals surface area contributed by atoms with E-state index in [0.717, 1.165) is 0 Å². The zero-order chi connectivity index (χ0) is 14.2. The van der Waals surface area contributed by atoms with Crippen LogP contribution < -0.4 is 0 Å². The summed E-state index contributed by atoms with van der Waals surface area (Å²) >= 11 is 0. The van der Waals surface area contributed by atoms with Gasteiger partial charge in [0.05, 0.1) is 17.3 Å². The van der Waals surface area contributed by atoms with Crippen molar-refractivity contribution in [3.05, 3.63) is 12.7 Å². The minimum absolute atomic E-state index is 0.0276. The lowest BCUT2D eigenvalue weighted by molar-refractivity contribution is -0.148. The van der Waals surface area contributed by atoms with E-state index in [1.165, 1.54) is 6.08 Å². The zero-order valence-electron chi connectivity index (χ0n) is 12.1. The summed E-state index contributed by atoms with van der Waals surface area (Å²) in [4.78, 5) is 0. The van der Waals surface area contributed by atoms with E-state index in [1.54, 1.807) is 6.92 Å². The van der Waals surface area contributed by atoms with Crippen LogP contribution in [0.4, 0.5) is 0 Å². The van der Waals surface area contributed by atoms with Crippen molar-refractivity contribution >= 4 is 0 Å². The molecule has 0 aromatic heterocycles. The molecule has 1 fully saturated rings. The Morgan fingerprint density at radius 2 is 1.94 bits per heavy atom. The Bertz CT molecular complexity index is 305. The molecule has 0 aromatic carbocycles. The highest BCUT2D eigenvalue weighted by Gasteiger charge is 2.50. The molecule has 0 aliphatic heterocycles. The highest BCUT2D eigenvalue weighted by atomic mass is 16.3. The molecular weight excluding hydrogens is 228 g/mol.